The molecule has 1 amide bonds. The van der Waals surface area contributed by atoms with Gasteiger partial charge in [0.25, 0.3) is 5.91 Å². The van der Waals surface area contributed by atoms with E-state index >= 15 is 0 Å². The fraction of sp³-hybridized carbons (Fsp3) is 0.364. The van der Waals surface area contributed by atoms with E-state index in [-0.39, 0.29) is 16.9 Å². The quantitative estimate of drug-likeness (QED) is 0.579. The number of anilines is 1. The number of amides is 1. The van der Waals surface area contributed by atoms with Gasteiger partial charge in [-0.3, -0.25) is 10.1 Å². The number of carbonyl (C=O) groups excluding carboxylic acids is 1. The number of fused-ring (bicyclic) bond motifs is 1. The van der Waals surface area contributed by atoms with Crippen molar-refractivity contribution in [1.29, 1.82) is 0 Å². The zero-order valence-corrected chi connectivity index (χ0v) is 19.1. The molecule has 31 heavy (non-hydrogen) atoms. The van der Waals surface area contributed by atoms with Gasteiger partial charge in [0, 0.05) is 25.8 Å². The first-order valence-corrected chi connectivity index (χ1v) is 12.5. The van der Waals surface area contributed by atoms with Gasteiger partial charge >= 0.3 is 0 Å². The zero-order valence-electron chi connectivity index (χ0n) is 17.5. The molecule has 0 saturated carbocycles. The standard InChI is InChI=1S/C22H25N3O4S2/c1-3-15-6-4-8-19-20(15)23-22(30-19)24-21(26)16-9-11-18(12-10-16)31(27,28)25(2)14-17-7-5-13-29-17/h4,6,8-12,17H,3,5,7,13-14H2,1-2H3,(H,23,24,26). The van der Waals surface area contributed by atoms with E-state index in [2.05, 4.69) is 17.2 Å². The van der Waals surface area contributed by atoms with E-state index in [9.17, 15) is 13.2 Å². The van der Waals surface area contributed by atoms with Crippen molar-refractivity contribution in [1.82, 2.24) is 9.29 Å². The maximum Gasteiger partial charge on any atom is 0.257 e. The molecule has 1 saturated heterocycles. The highest BCUT2D eigenvalue weighted by Crippen LogP contribution is 2.29. The highest BCUT2D eigenvalue weighted by atomic mass is 32.2. The number of hydrogen-bond acceptors (Lipinski definition) is 6. The van der Waals surface area contributed by atoms with Crippen LogP contribution in [0.4, 0.5) is 5.13 Å². The van der Waals surface area contributed by atoms with Gasteiger partial charge < -0.3 is 4.74 Å². The maximum atomic E-state index is 12.8. The molecule has 0 radical (unpaired) electrons. The molecule has 1 unspecified atom stereocenters. The number of aromatic nitrogens is 1. The number of carbonyl (C=O) groups is 1. The Hall–Kier alpha value is -2.33. The topological polar surface area (TPSA) is 88.6 Å². The number of thiazole rings is 1. The molecule has 4 rings (SSSR count). The largest absolute Gasteiger partial charge is 0.377 e. The van der Waals surface area contributed by atoms with Crippen molar-refractivity contribution in [2.45, 2.75) is 37.2 Å². The van der Waals surface area contributed by atoms with E-state index in [1.807, 2.05) is 18.2 Å². The van der Waals surface area contributed by atoms with Crippen LogP contribution in [0.5, 0.6) is 0 Å². The lowest BCUT2D eigenvalue weighted by Crippen LogP contribution is -2.34. The van der Waals surface area contributed by atoms with Crippen molar-refractivity contribution < 1.29 is 17.9 Å². The van der Waals surface area contributed by atoms with E-state index in [4.69, 9.17) is 4.74 Å². The van der Waals surface area contributed by atoms with Crippen LogP contribution in [0.2, 0.25) is 0 Å². The van der Waals surface area contributed by atoms with Crippen molar-refractivity contribution in [2.75, 3.05) is 25.5 Å². The number of ether oxygens (including phenoxy) is 1. The predicted molar refractivity (Wildman–Crippen MR) is 122 cm³/mol. The van der Waals surface area contributed by atoms with Crippen LogP contribution in [-0.2, 0) is 21.2 Å². The van der Waals surface area contributed by atoms with Gasteiger partial charge in [-0.1, -0.05) is 30.4 Å². The lowest BCUT2D eigenvalue weighted by molar-refractivity contribution is 0.0979. The molecule has 0 bridgehead atoms. The SMILES string of the molecule is CCc1cccc2sc(NC(=O)c3ccc(S(=O)(=O)N(C)CC4CCCO4)cc3)nc12. The summed E-state index contributed by atoms with van der Waals surface area (Å²) in [4.78, 5) is 17.3. The summed E-state index contributed by atoms with van der Waals surface area (Å²) < 4.78 is 33.5. The van der Waals surface area contributed by atoms with Crippen LogP contribution in [0.1, 0.15) is 35.7 Å². The van der Waals surface area contributed by atoms with Crippen molar-refractivity contribution in [3.05, 3.63) is 53.6 Å². The molecule has 2 heterocycles. The second-order valence-electron chi connectivity index (χ2n) is 7.54. The summed E-state index contributed by atoms with van der Waals surface area (Å²) in [5.41, 5.74) is 2.41. The first-order chi connectivity index (χ1) is 14.9. The van der Waals surface area contributed by atoms with Gasteiger partial charge in [-0.15, -0.1) is 0 Å². The fourth-order valence-corrected chi connectivity index (χ4v) is 5.76. The summed E-state index contributed by atoms with van der Waals surface area (Å²) >= 11 is 1.42. The minimum atomic E-state index is -3.64. The zero-order chi connectivity index (χ0) is 22.0. The highest BCUT2D eigenvalue weighted by molar-refractivity contribution is 7.89. The molecule has 1 fully saturated rings. The first-order valence-electron chi connectivity index (χ1n) is 10.3. The summed E-state index contributed by atoms with van der Waals surface area (Å²) in [6.07, 6.45) is 2.62. The molecule has 1 atom stereocenters. The van der Waals surface area contributed by atoms with Crippen molar-refractivity contribution in [2.24, 2.45) is 0 Å². The lowest BCUT2D eigenvalue weighted by Gasteiger charge is -2.20. The van der Waals surface area contributed by atoms with E-state index < -0.39 is 10.0 Å². The maximum absolute atomic E-state index is 12.8. The van der Waals surface area contributed by atoms with Gasteiger partial charge in [-0.2, -0.15) is 4.31 Å². The van der Waals surface area contributed by atoms with Crippen LogP contribution in [0.25, 0.3) is 10.2 Å². The average Bonchev–Trinajstić information content (AvgIpc) is 3.42. The number of sulfonamides is 1. The van der Waals surface area contributed by atoms with Gasteiger partial charge in [0.15, 0.2) is 5.13 Å². The Morgan fingerprint density at radius 1 is 1.26 bits per heavy atom. The average molecular weight is 460 g/mol. The minimum Gasteiger partial charge on any atom is -0.377 e. The molecular weight excluding hydrogens is 434 g/mol. The predicted octanol–water partition coefficient (Wildman–Crippen LogP) is 3.91. The molecule has 7 nitrogen and oxygen atoms in total. The molecule has 0 aliphatic carbocycles. The van der Waals surface area contributed by atoms with Gasteiger partial charge in [-0.25, -0.2) is 13.4 Å². The molecule has 3 aromatic rings. The van der Waals surface area contributed by atoms with E-state index in [0.29, 0.717) is 23.8 Å². The van der Waals surface area contributed by atoms with Gasteiger partial charge in [-0.05, 0) is 55.2 Å². The second kappa shape index (κ2) is 9.04. The van der Waals surface area contributed by atoms with Crippen LogP contribution < -0.4 is 5.32 Å². The number of para-hydroxylation sites is 1. The summed E-state index contributed by atoms with van der Waals surface area (Å²) in [5, 5.41) is 3.34. The Labute approximate surface area is 186 Å². The Balaban J connectivity index is 1.46. The number of rotatable bonds is 7. The Morgan fingerprint density at radius 3 is 2.71 bits per heavy atom. The molecular formula is C22H25N3O4S2. The third-order valence-electron chi connectivity index (χ3n) is 5.41. The highest BCUT2D eigenvalue weighted by Gasteiger charge is 2.26. The van der Waals surface area contributed by atoms with E-state index in [1.165, 1.54) is 39.9 Å². The summed E-state index contributed by atoms with van der Waals surface area (Å²) in [6.45, 7) is 3.07. The van der Waals surface area contributed by atoms with Crippen LogP contribution in [0.15, 0.2) is 47.4 Å². The summed E-state index contributed by atoms with van der Waals surface area (Å²) in [5.74, 6) is -0.325. The fourth-order valence-electron chi connectivity index (χ4n) is 3.65. The smallest absolute Gasteiger partial charge is 0.257 e. The third kappa shape index (κ3) is 4.64. The van der Waals surface area contributed by atoms with E-state index in [0.717, 1.165) is 35.0 Å². The Morgan fingerprint density at radius 2 is 2.03 bits per heavy atom. The van der Waals surface area contributed by atoms with Crippen LogP contribution in [0.3, 0.4) is 0 Å². The lowest BCUT2D eigenvalue weighted by atomic mass is 10.1. The molecule has 0 spiro atoms. The number of nitrogens with zero attached hydrogens (tertiary/aromatic N) is 2. The number of aryl methyl sites for hydroxylation is 1. The first kappa shape index (κ1) is 21.9. The second-order valence-corrected chi connectivity index (χ2v) is 10.6. The third-order valence-corrected chi connectivity index (χ3v) is 8.19. The van der Waals surface area contributed by atoms with Gasteiger partial charge in [0.05, 0.1) is 21.2 Å². The number of likely N-dealkylation sites (N-methyl/N-ethyl adjacent to an activating group) is 1. The Bertz CT molecular complexity index is 1180. The monoisotopic (exact) mass is 459 g/mol. The number of nitrogens with one attached hydrogen (secondary N) is 1. The number of hydrogen-bond donors (Lipinski definition) is 1. The molecule has 2 aromatic carbocycles. The van der Waals surface area contributed by atoms with Crippen molar-refractivity contribution in [3.8, 4) is 0 Å². The van der Waals surface area contributed by atoms with Gasteiger partial charge in [0.1, 0.15) is 0 Å². The molecule has 9 heteroatoms. The summed E-state index contributed by atoms with van der Waals surface area (Å²) in [7, 11) is -2.09. The number of benzene rings is 2. The molecule has 1 N–H and O–H groups in total. The molecule has 1 aromatic heterocycles. The van der Waals surface area contributed by atoms with Crippen molar-refractivity contribution >= 4 is 42.6 Å². The minimum absolute atomic E-state index is 0.0631. The summed E-state index contributed by atoms with van der Waals surface area (Å²) in [6, 6.07) is 12.0. The van der Waals surface area contributed by atoms with Gasteiger partial charge in [0.2, 0.25) is 10.0 Å². The molecule has 164 valence electrons. The molecule has 1 aliphatic heterocycles. The van der Waals surface area contributed by atoms with Crippen LogP contribution >= 0.6 is 11.3 Å². The van der Waals surface area contributed by atoms with Crippen molar-refractivity contribution in [3.63, 3.8) is 0 Å². The van der Waals surface area contributed by atoms with E-state index in [1.54, 1.807) is 7.05 Å². The molecule has 1 aliphatic rings. The van der Waals surface area contributed by atoms with Crippen LogP contribution in [0, 0.1) is 0 Å². The Kier molecular flexibility index (Phi) is 6.38. The van der Waals surface area contributed by atoms with Crippen LogP contribution in [-0.4, -0.2) is 49.9 Å². The normalized spacial score (nSPS) is 16.8.